The van der Waals surface area contributed by atoms with Crippen LogP contribution in [0.25, 0.3) is 0 Å². The van der Waals surface area contributed by atoms with Gasteiger partial charge in [0.2, 0.25) is 0 Å². The molecule has 1 aromatic heterocycles. The van der Waals surface area contributed by atoms with Crippen LogP contribution in [-0.2, 0) is 0 Å². The molecule has 0 spiro atoms. The number of aromatic nitrogens is 1. The van der Waals surface area contributed by atoms with E-state index in [9.17, 15) is 0 Å². The molecule has 0 N–H and O–H groups in total. The molecule has 0 amide bonds. The van der Waals surface area contributed by atoms with Gasteiger partial charge in [-0.15, -0.1) is 0 Å². The fourth-order valence-corrected chi connectivity index (χ4v) is 1.62. The molecule has 0 saturated carbocycles. The first-order valence-corrected chi connectivity index (χ1v) is 5.83. The third-order valence-electron chi connectivity index (χ3n) is 2.63. The molecule has 0 fully saturated rings. The predicted molar refractivity (Wildman–Crippen MR) is 69.6 cm³/mol. The highest BCUT2D eigenvalue weighted by molar-refractivity contribution is 5.41. The van der Waals surface area contributed by atoms with Crippen LogP contribution in [0.2, 0.25) is 0 Å². The molecule has 1 heterocycles. The van der Waals surface area contributed by atoms with Gasteiger partial charge in [-0.3, -0.25) is 0 Å². The molecule has 0 radical (unpaired) electrons. The first kappa shape index (κ1) is 12.1. The summed E-state index contributed by atoms with van der Waals surface area (Å²) >= 11 is 0. The molecule has 0 unspecified atom stereocenters. The Bertz CT molecular complexity index is 585. The number of nitriles is 1. The van der Waals surface area contributed by atoms with Crippen LogP contribution < -0.4 is 4.74 Å². The number of ether oxygens (including phenoxy) is 1. The van der Waals surface area contributed by atoms with E-state index in [2.05, 4.69) is 24.9 Å². The maximum Gasteiger partial charge on any atom is 0.183 e. The van der Waals surface area contributed by atoms with Gasteiger partial charge in [-0.1, -0.05) is 26.0 Å². The van der Waals surface area contributed by atoms with E-state index in [0.29, 0.717) is 17.4 Å². The Hall–Kier alpha value is -2.34. The number of benzene rings is 1. The van der Waals surface area contributed by atoms with E-state index < -0.39 is 0 Å². The lowest BCUT2D eigenvalue weighted by atomic mass is 10.0. The lowest BCUT2D eigenvalue weighted by Crippen LogP contribution is -1.92. The highest BCUT2D eigenvalue weighted by Crippen LogP contribution is 2.26. The molecule has 3 heteroatoms. The zero-order valence-electron chi connectivity index (χ0n) is 10.4. The number of hydrogen-bond donors (Lipinski definition) is 0. The van der Waals surface area contributed by atoms with Gasteiger partial charge in [-0.25, -0.2) is 4.98 Å². The molecule has 3 nitrogen and oxygen atoms in total. The quantitative estimate of drug-likeness (QED) is 0.815. The molecular formula is C15H14N2O. The highest BCUT2D eigenvalue weighted by Gasteiger charge is 2.06. The van der Waals surface area contributed by atoms with Crippen LogP contribution in [0.15, 0.2) is 42.6 Å². The Labute approximate surface area is 107 Å². The SMILES string of the molecule is CC(C)c1cccc(Oc2cccnc2C#N)c1. The van der Waals surface area contributed by atoms with Crippen molar-refractivity contribution in [2.75, 3.05) is 0 Å². The maximum absolute atomic E-state index is 8.95. The van der Waals surface area contributed by atoms with E-state index in [1.165, 1.54) is 5.56 Å². The van der Waals surface area contributed by atoms with E-state index in [1.807, 2.05) is 24.3 Å². The zero-order chi connectivity index (χ0) is 13.0. The van der Waals surface area contributed by atoms with Crippen molar-refractivity contribution in [1.29, 1.82) is 5.26 Å². The van der Waals surface area contributed by atoms with Gasteiger partial charge in [-0.05, 0) is 35.7 Å². The minimum Gasteiger partial charge on any atom is -0.454 e. The van der Waals surface area contributed by atoms with Gasteiger partial charge in [0.15, 0.2) is 11.4 Å². The summed E-state index contributed by atoms with van der Waals surface area (Å²) in [6.45, 7) is 4.26. The molecule has 0 bridgehead atoms. The number of pyridine rings is 1. The molecule has 1 aromatic carbocycles. The van der Waals surface area contributed by atoms with Crippen LogP contribution in [0, 0.1) is 11.3 Å². The third kappa shape index (κ3) is 2.67. The van der Waals surface area contributed by atoms with E-state index in [0.717, 1.165) is 5.75 Å². The summed E-state index contributed by atoms with van der Waals surface area (Å²) in [7, 11) is 0. The molecule has 90 valence electrons. The molecule has 0 aliphatic heterocycles. The number of hydrogen-bond acceptors (Lipinski definition) is 3. The molecule has 18 heavy (non-hydrogen) atoms. The fraction of sp³-hybridized carbons (Fsp3) is 0.200. The molecule has 2 aromatic rings. The van der Waals surface area contributed by atoms with Crippen molar-refractivity contribution >= 4 is 0 Å². The molecule has 2 rings (SSSR count). The van der Waals surface area contributed by atoms with Gasteiger partial charge in [0.1, 0.15) is 11.8 Å². The van der Waals surface area contributed by atoms with E-state index >= 15 is 0 Å². The predicted octanol–water partition coefficient (Wildman–Crippen LogP) is 3.87. The summed E-state index contributed by atoms with van der Waals surface area (Å²) in [4.78, 5) is 3.96. The molecule has 0 aliphatic rings. The van der Waals surface area contributed by atoms with Crippen LogP contribution in [0.1, 0.15) is 31.0 Å². The summed E-state index contributed by atoms with van der Waals surface area (Å²) in [6.07, 6.45) is 1.58. The van der Waals surface area contributed by atoms with Crippen molar-refractivity contribution in [3.63, 3.8) is 0 Å². The Morgan fingerprint density at radius 1 is 1.22 bits per heavy atom. The Balaban J connectivity index is 2.29. The summed E-state index contributed by atoms with van der Waals surface area (Å²) in [5.41, 5.74) is 1.50. The summed E-state index contributed by atoms with van der Waals surface area (Å²) in [6, 6.07) is 13.4. The molecule has 0 atom stereocenters. The number of rotatable bonds is 3. The average molecular weight is 238 g/mol. The fourth-order valence-electron chi connectivity index (χ4n) is 1.62. The Kier molecular flexibility index (Phi) is 3.59. The second-order valence-electron chi connectivity index (χ2n) is 4.29. The van der Waals surface area contributed by atoms with Crippen LogP contribution >= 0.6 is 0 Å². The van der Waals surface area contributed by atoms with E-state index in [1.54, 1.807) is 18.3 Å². The Morgan fingerprint density at radius 3 is 2.78 bits per heavy atom. The third-order valence-corrected chi connectivity index (χ3v) is 2.63. The second-order valence-corrected chi connectivity index (χ2v) is 4.29. The summed E-state index contributed by atoms with van der Waals surface area (Å²) in [5.74, 6) is 1.66. The van der Waals surface area contributed by atoms with Crippen molar-refractivity contribution < 1.29 is 4.74 Å². The zero-order valence-corrected chi connectivity index (χ0v) is 10.4. The van der Waals surface area contributed by atoms with Crippen molar-refractivity contribution in [1.82, 2.24) is 4.98 Å². The second kappa shape index (κ2) is 5.33. The first-order chi connectivity index (χ1) is 8.70. The van der Waals surface area contributed by atoms with Gasteiger partial charge in [0, 0.05) is 6.20 Å². The topological polar surface area (TPSA) is 45.9 Å². The van der Waals surface area contributed by atoms with Gasteiger partial charge >= 0.3 is 0 Å². The normalized spacial score (nSPS) is 10.1. The van der Waals surface area contributed by atoms with Crippen LogP contribution in [-0.4, -0.2) is 4.98 Å². The van der Waals surface area contributed by atoms with E-state index in [4.69, 9.17) is 10.00 Å². The molecule has 0 aliphatic carbocycles. The molecule has 0 saturated heterocycles. The lowest BCUT2D eigenvalue weighted by molar-refractivity contribution is 0.477. The first-order valence-electron chi connectivity index (χ1n) is 5.83. The number of nitrogens with zero attached hydrogens (tertiary/aromatic N) is 2. The van der Waals surface area contributed by atoms with Gasteiger partial charge in [-0.2, -0.15) is 5.26 Å². The smallest absolute Gasteiger partial charge is 0.183 e. The Morgan fingerprint density at radius 2 is 2.06 bits per heavy atom. The summed E-state index contributed by atoms with van der Waals surface area (Å²) < 4.78 is 5.71. The monoisotopic (exact) mass is 238 g/mol. The maximum atomic E-state index is 8.95. The van der Waals surface area contributed by atoms with Gasteiger partial charge < -0.3 is 4.74 Å². The standard InChI is InChI=1S/C15H14N2O/c1-11(2)12-5-3-6-13(9-12)18-15-7-4-8-17-14(15)10-16/h3-9,11H,1-2H3. The van der Waals surface area contributed by atoms with Crippen LogP contribution in [0.5, 0.6) is 11.5 Å². The van der Waals surface area contributed by atoms with Crippen molar-refractivity contribution in [3.8, 4) is 17.6 Å². The summed E-state index contributed by atoms with van der Waals surface area (Å²) in [5, 5.41) is 8.95. The average Bonchev–Trinajstić information content (AvgIpc) is 2.39. The van der Waals surface area contributed by atoms with E-state index in [-0.39, 0.29) is 0 Å². The van der Waals surface area contributed by atoms with Gasteiger partial charge in [0.25, 0.3) is 0 Å². The van der Waals surface area contributed by atoms with Crippen LogP contribution in [0.3, 0.4) is 0 Å². The van der Waals surface area contributed by atoms with Gasteiger partial charge in [0.05, 0.1) is 0 Å². The minimum atomic E-state index is 0.299. The lowest BCUT2D eigenvalue weighted by Gasteiger charge is -2.10. The van der Waals surface area contributed by atoms with Crippen molar-refractivity contribution in [2.24, 2.45) is 0 Å². The van der Waals surface area contributed by atoms with Crippen LogP contribution in [0.4, 0.5) is 0 Å². The van der Waals surface area contributed by atoms with Crippen molar-refractivity contribution in [3.05, 3.63) is 53.9 Å². The minimum absolute atomic E-state index is 0.299. The highest BCUT2D eigenvalue weighted by atomic mass is 16.5. The van der Waals surface area contributed by atoms with Crippen molar-refractivity contribution in [2.45, 2.75) is 19.8 Å². The molecular weight excluding hydrogens is 224 g/mol. The largest absolute Gasteiger partial charge is 0.454 e.